The molecule has 0 unspecified atom stereocenters. The first-order chi connectivity index (χ1) is 15.0. The molecule has 1 aliphatic rings. The molecule has 3 aromatic rings. The number of nitrogens with zero attached hydrogens (tertiary/aromatic N) is 4. The average molecular weight is 437 g/mol. The van der Waals surface area contributed by atoms with Gasteiger partial charge in [0.05, 0.1) is 11.9 Å². The lowest BCUT2D eigenvalue weighted by Crippen LogP contribution is -2.37. The van der Waals surface area contributed by atoms with E-state index in [2.05, 4.69) is 24.6 Å². The Labute approximate surface area is 184 Å². The Kier molecular flexibility index (Phi) is 6.22. The number of hydrogen-bond acceptors (Lipinski definition) is 8. The van der Waals surface area contributed by atoms with E-state index in [9.17, 15) is 9.59 Å². The lowest BCUT2D eigenvalue weighted by atomic mass is 9.91. The Morgan fingerprint density at radius 3 is 2.81 bits per heavy atom. The van der Waals surface area contributed by atoms with E-state index in [1.165, 1.54) is 11.5 Å². The number of ketones is 1. The highest BCUT2D eigenvalue weighted by molar-refractivity contribution is 7.10. The van der Waals surface area contributed by atoms with Gasteiger partial charge in [0.25, 0.3) is 5.91 Å². The fourth-order valence-corrected chi connectivity index (χ4v) is 4.44. The van der Waals surface area contributed by atoms with E-state index in [1.807, 2.05) is 43.3 Å². The molecule has 1 fully saturated rings. The van der Waals surface area contributed by atoms with Crippen LogP contribution in [0.1, 0.15) is 45.8 Å². The number of carbonyl (C=O) groups excluding carboxylic acids is 2. The van der Waals surface area contributed by atoms with E-state index < -0.39 is 5.91 Å². The number of benzene rings is 1. The molecule has 2 aromatic heterocycles. The zero-order chi connectivity index (χ0) is 21.8. The summed E-state index contributed by atoms with van der Waals surface area (Å²) in [6, 6.07) is 11.3. The molecule has 31 heavy (non-hydrogen) atoms. The number of aromatic nitrogens is 3. The van der Waals surface area contributed by atoms with E-state index in [0.717, 1.165) is 35.6 Å². The summed E-state index contributed by atoms with van der Waals surface area (Å²) in [7, 11) is 0. The van der Waals surface area contributed by atoms with Crippen LogP contribution in [0.25, 0.3) is 0 Å². The van der Waals surface area contributed by atoms with Crippen molar-refractivity contribution >= 4 is 39.9 Å². The van der Waals surface area contributed by atoms with Crippen LogP contribution < -0.4 is 16.0 Å². The first-order valence-corrected chi connectivity index (χ1v) is 11.0. The van der Waals surface area contributed by atoms with Gasteiger partial charge < -0.3 is 16.0 Å². The lowest BCUT2D eigenvalue weighted by molar-refractivity contribution is 0.0954. The molecule has 3 N–H and O–H groups in total. The third kappa shape index (κ3) is 5.05. The average Bonchev–Trinajstić information content (AvgIpc) is 3.19. The second-order valence-electron chi connectivity index (χ2n) is 7.69. The largest absolute Gasteiger partial charge is 0.364 e. The molecule has 0 aliphatic carbocycles. The van der Waals surface area contributed by atoms with Gasteiger partial charge in [-0.1, -0.05) is 30.3 Å². The summed E-state index contributed by atoms with van der Waals surface area (Å²) in [4.78, 5) is 35.5. The third-order valence-electron chi connectivity index (χ3n) is 5.28. The molecule has 9 heteroatoms. The number of carbonyl (C=O) groups is 2. The number of rotatable bonds is 7. The highest BCUT2D eigenvalue weighted by atomic mass is 32.1. The molecule has 0 spiro atoms. The SMILES string of the molecule is Cc1cc(Nc2nc(N3CCC[C@@H](CC(=O)c4ccccc4)C3)cnc2C(N)=O)sn1. The van der Waals surface area contributed by atoms with Crippen molar-refractivity contribution in [2.75, 3.05) is 23.3 Å². The molecule has 1 atom stereocenters. The second kappa shape index (κ2) is 9.22. The summed E-state index contributed by atoms with van der Waals surface area (Å²) in [6.07, 6.45) is 4.03. The van der Waals surface area contributed by atoms with Crippen LogP contribution in [0, 0.1) is 12.8 Å². The molecule has 1 aliphatic heterocycles. The van der Waals surface area contributed by atoms with E-state index in [1.54, 1.807) is 6.20 Å². The van der Waals surface area contributed by atoms with Crippen LogP contribution in [-0.2, 0) is 0 Å². The van der Waals surface area contributed by atoms with Gasteiger partial charge in [-0.15, -0.1) is 0 Å². The summed E-state index contributed by atoms with van der Waals surface area (Å²) in [6.45, 7) is 3.42. The Bertz CT molecular complexity index is 1080. The zero-order valence-corrected chi connectivity index (χ0v) is 18.1. The predicted octanol–water partition coefficient (Wildman–Crippen LogP) is 3.57. The Morgan fingerprint density at radius 2 is 2.10 bits per heavy atom. The van der Waals surface area contributed by atoms with Crippen molar-refractivity contribution in [3.05, 3.63) is 59.5 Å². The molecule has 0 bridgehead atoms. The molecule has 160 valence electrons. The number of nitrogens with one attached hydrogen (secondary N) is 1. The topological polar surface area (TPSA) is 114 Å². The van der Waals surface area contributed by atoms with Crippen molar-refractivity contribution in [3.63, 3.8) is 0 Å². The Balaban J connectivity index is 1.50. The zero-order valence-electron chi connectivity index (χ0n) is 17.2. The minimum Gasteiger partial charge on any atom is -0.364 e. The van der Waals surface area contributed by atoms with Gasteiger partial charge in [-0.25, -0.2) is 9.97 Å². The first-order valence-electron chi connectivity index (χ1n) is 10.2. The quantitative estimate of drug-likeness (QED) is 0.544. The number of Topliss-reactive ketones (excluding diaryl/α,β-unsaturated/α-hetero) is 1. The number of primary amides is 1. The Morgan fingerprint density at radius 1 is 1.29 bits per heavy atom. The van der Waals surface area contributed by atoms with Crippen LogP contribution in [-0.4, -0.2) is 39.1 Å². The fourth-order valence-electron chi connectivity index (χ4n) is 3.78. The molecule has 1 saturated heterocycles. The molecule has 8 nitrogen and oxygen atoms in total. The second-order valence-corrected chi connectivity index (χ2v) is 8.50. The normalized spacial score (nSPS) is 16.2. The minimum absolute atomic E-state index is 0.0858. The van der Waals surface area contributed by atoms with Crippen LogP contribution in [0.15, 0.2) is 42.6 Å². The number of anilines is 3. The van der Waals surface area contributed by atoms with Gasteiger partial charge in [-0.3, -0.25) is 9.59 Å². The van der Waals surface area contributed by atoms with Crippen LogP contribution in [0.2, 0.25) is 0 Å². The predicted molar refractivity (Wildman–Crippen MR) is 121 cm³/mol. The third-order valence-corrected chi connectivity index (χ3v) is 6.07. The fraction of sp³-hybridized carbons (Fsp3) is 0.318. The number of piperidine rings is 1. The maximum Gasteiger partial charge on any atom is 0.271 e. The number of aryl methyl sites for hydroxylation is 1. The summed E-state index contributed by atoms with van der Waals surface area (Å²) < 4.78 is 4.23. The Hall–Kier alpha value is -3.33. The van der Waals surface area contributed by atoms with Crippen molar-refractivity contribution in [2.45, 2.75) is 26.2 Å². The smallest absolute Gasteiger partial charge is 0.271 e. The highest BCUT2D eigenvalue weighted by Crippen LogP contribution is 2.28. The minimum atomic E-state index is -0.646. The van der Waals surface area contributed by atoms with E-state index in [0.29, 0.717) is 24.6 Å². The van der Waals surface area contributed by atoms with Crippen LogP contribution in [0.3, 0.4) is 0 Å². The molecule has 1 aromatic carbocycles. The lowest BCUT2D eigenvalue weighted by Gasteiger charge is -2.33. The standard InChI is InChI=1S/C22H24N6O2S/c1-14-10-19(31-27-14)26-22-20(21(23)30)24-12-18(25-22)28-9-5-6-15(13-28)11-17(29)16-7-3-2-4-8-16/h2-4,7-8,10,12,15H,5-6,9,11,13H2,1H3,(H2,23,30)(H,25,26)/t15-/m0/s1. The summed E-state index contributed by atoms with van der Waals surface area (Å²) in [5, 5.41) is 3.88. The van der Waals surface area contributed by atoms with Gasteiger partial charge in [0.15, 0.2) is 17.3 Å². The van der Waals surface area contributed by atoms with Crippen molar-refractivity contribution < 1.29 is 9.59 Å². The molecular formula is C22H24N6O2S. The van der Waals surface area contributed by atoms with Crippen LogP contribution in [0.5, 0.6) is 0 Å². The summed E-state index contributed by atoms with van der Waals surface area (Å²) in [5.74, 6) is 0.722. The van der Waals surface area contributed by atoms with Gasteiger partial charge in [0, 0.05) is 25.1 Å². The van der Waals surface area contributed by atoms with Crippen LogP contribution >= 0.6 is 11.5 Å². The van der Waals surface area contributed by atoms with Crippen molar-refractivity contribution in [1.82, 2.24) is 14.3 Å². The number of amides is 1. The van der Waals surface area contributed by atoms with Crippen molar-refractivity contribution in [2.24, 2.45) is 11.7 Å². The molecule has 0 saturated carbocycles. The van der Waals surface area contributed by atoms with E-state index in [-0.39, 0.29) is 17.4 Å². The van der Waals surface area contributed by atoms with Crippen molar-refractivity contribution in [1.29, 1.82) is 0 Å². The maximum atomic E-state index is 12.6. The molecule has 0 radical (unpaired) electrons. The number of hydrogen-bond donors (Lipinski definition) is 2. The monoisotopic (exact) mass is 436 g/mol. The first kappa shape index (κ1) is 20.9. The van der Waals surface area contributed by atoms with Gasteiger partial charge in [-0.2, -0.15) is 4.37 Å². The van der Waals surface area contributed by atoms with Crippen LogP contribution in [0.4, 0.5) is 16.6 Å². The van der Waals surface area contributed by atoms with Gasteiger partial charge >= 0.3 is 0 Å². The molecule has 4 rings (SSSR count). The van der Waals surface area contributed by atoms with E-state index in [4.69, 9.17) is 5.73 Å². The highest BCUT2D eigenvalue weighted by Gasteiger charge is 2.25. The van der Waals surface area contributed by atoms with E-state index >= 15 is 0 Å². The maximum absolute atomic E-state index is 12.6. The molecule has 3 heterocycles. The van der Waals surface area contributed by atoms with Gasteiger partial charge in [0.2, 0.25) is 0 Å². The van der Waals surface area contributed by atoms with Gasteiger partial charge in [0.1, 0.15) is 10.8 Å². The summed E-state index contributed by atoms with van der Waals surface area (Å²) >= 11 is 1.28. The molecule has 1 amide bonds. The summed E-state index contributed by atoms with van der Waals surface area (Å²) in [5.41, 5.74) is 7.20. The van der Waals surface area contributed by atoms with Crippen molar-refractivity contribution in [3.8, 4) is 0 Å². The number of nitrogens with two attached hydrogens (primary N) is 1. The molecular weight excluding hydrogens is 412 g/mol. The van der Waals surface area contributed by atoms with Gasteiger partial charge in [-0.05, 0) is 43.3 Å².